The molecule has 0 N–H and O–H groups in total. The fraction of sp³-hybridized carbons (Fsp3) is 1.00. The van der Waals surface area contributed by atoms with E-state index in [2.05, 4.69) is 48.5 Å². The van der Waals surface area contributed by atoms with Crippen molar-refractivity contribution < 1.29 is 9.31 Å². The molecule has 0 aromatic heterocycles. The van der Waals surface area contributed by atoms with E-state index in [9.17, 15) is 0 Å². The van der Waals surface area contributed by atoms with Gasteiger partial charge in [-0.05, 0) is 74.4 Å². The van der Waals surface area contributed by atoms with Gasteiger partial charge in [0, 0.05) is 6.10 Å². The van der Waals surface area contributed by atoms with Crippen LogP contribution in [-0.2, 0) is 9.31 Å². The molecule has 3 heteroatoms. The molecule has 4 rings (SSSR count). The van der Waals surface area contributed by atoms with Crippen LogP contribution in [0.2, 0.25) is 5.82 Å². The zero-order valence-corrected chi connectivity index (χ0v) is 15.7. The lowest BCUT2D eigenvalue weighted by molar-refractivity contribution is -0.115. The molecule has 1 heterocycles. The lowest BCUT2D eigenvalue weighted by Crippen LogP contribution is -2.59. The second-order valence-corrected chi connectivity index (χ2v) is 9.96. The van der Waals surface area contributed by atoms with Gasteiger partial charge in [-0.15, -0.1) is 0 Å². The van der Waals surface area contributed by atoms with Gasteiger partial charge in [0.05, 0.1) is 5.60 Å². The maximum absolute atomic E-state index is 6.46. The normalized spacial score (nSPS) is 43.1. The summed E-state index contributed by atoms with van der Waals surface area (Å²) < 4.78 is 12.9. The second-order valence-electron chi connectivity index (χ2n) is 9.96. The summed E-state index contributed by atoms with van der Waals surface area (Å²) in [6.07, 6.45) is 5.27. The van der Waals surface area contributed by atoms with Crippen molar-refractivity contribution in [3.63, 3.8) is 0 Å². The van der Waals surface area contributed by atoms with Crippen LogP contribution in [0.1, 0.15) is 74.1 Å². The van der Waals surface area contributed by atoms with E-state index in [-0.39, 0.29) is 12.7 Å². The smallest absolute Gasteiger partial charge is 0.408 e. The Balaban J connectivity index is 1.71. The highest BCUT2D eigenvalue weighted by Gasteiger charge is 2.60. The quantitative estimate of drug-likeness (QED) is 0.669. The molecule has 0 amide bonds. The van der Waals surface area contributed by atoms with E-state index >= 15 is 0 Å². The van der Waals surface area contributed by atoms with Crippen LogP contribution >= 0.6 is 0 Å². The summed E-state index contributed by atoms with van der Waals surface area (Å²) in [5.74, 6) is 3.73. The summed E-state index contributed by atoms with van der Waals surface area (Å²) in [5.41, 5.74) is 0.497. The Hall–Kier alpha value is -0.0151. The first-order chi connectivity index (χ1) is 10.1. The standard InChI is InChI=1S/C19H35BO2/c1-12(2)8-15-11-18(4,5)22-20(21-15)17-10-14-9-16(13(17)3)19(14,6)7/h12-17H,8-11H2,1-7H3/t13-,14-,15-,16-,17-/m0/s1. The third-order valence-electron chi connectivity index (χ3n) is 6.98. The maximum Gasteiger partial charge on any atom is 0.461 e. The molecule has 0 spiro atoms. The van der Waals surface area contributed by atoms with Crippen LogP contribution in [0, 0.1) is 29.1 Å². The Morgan fingerprint density at radius 2 is 1.82 bits per heavy atom. The Kier molecular flexibility index (Phi) is 4.22. The van der Waals surface area contributed by atoms with Gasteiger partial charge >= 0.3 is 7.12 Å². The SMILES string of the molecule is CC(C)C[C@H]1CC(C)(C)OB([C@H]2C[C@@H]3C[C@@H]([C@@H]2C)C3(C)C)O1. The van der Waals surface area contributed by atoms with Gasteiger partial charge in [0.15, 0.2) is 0 Å². The highest BCUT2D eigenvalue weighted by molar-refractivity contribution is 6.47. The first kappa shape index (κ1) is 16.8. The minimum absolute atomic E-state index is 0.0175. The summed E-state index contributed by atoms with van der Waals surface area (Å²) in [5, 5.41) is 0. The number of fused-ring (bicyclic) bond motifs is 2. The Morgan fingerprint density at radius 3 is 2.36 bits per heavy atom. The molecule has 0 unspecified atom stereocenters. The third-order valence-corrected chi connectivity index (χ3v) is 6.98. The fourth-order valence-electron chi connectivity index (χ4n) is 5.58. The van der Waals surface area contributed by atoms with Gasteiger partial charge < -0.3 is 9.31 Å². The molecule has 0 aromatic carbocycles. The molecule has 126 valence electrons. The number of rotatable bonds is 3. The van der Waals surface area contributed by atoms with Gasteiger partial charge in [0.1, 0.15) is 0 Å². The number of hydrogen-bond donors (Lipinski definition) is 0. The highest BCUT2D eigenvalue weighted by atomic mass is 16.6. The summed E-state index contributed by atoms with van der Waals surface area (Å²) in [4.78, 5) is 0. The molecule has 22 heavy (non-hydrogen) atoms. The summed E-state index contributed by atoms with van der Waals surface area (Å²) in [6, 6.07) is 0. The molecular weight excluding hydrogens is 271 g/mol. The summed E-state index contributed by atoms with van der Waals surface area (Å²) >= 11 is 0. The Morgan fingerprint density at radius 1 is 1.14 bits per heavy atom. The molecule has 1 aliphatic heterocycles. The lowest BCUT2D eigenvalue weighted by atomic mass is 9.38. The van der Waals surface area contributed by atoms with Gasteiger partial charge in [-0.1, -0.05) is 34.6 Å². The zero-order valence-electron chi connectivity index (χ0n) is 15.7. The van der Waals surface area contributed by atoms with Crippen LogP contribution in [0.5, 0.6) is 0 Å². The molecule has 2 nitrogen and oxygen atoms in total. The van der Waals surface area contributed by atoms with E-state index in [0.29, 0.717) is 23.3 Å². The minimum atomic E-state index is -0.0423. The van der Waals surface area contributed by atoms with Crippen molar-refractivity contribution in [1.82, 2.24) is 0 Å². The van der Waals surface area contributed by atoms with Crippen molar-refractivity contribution in [3.8, 4) is 0 Å². The molecule has 0 aromatic rings. The van der Waals surface area contributed by atoms with Gasteiger partial charge in [-0.2, -0.15) is 0 Å². The van der Waals surface area contributed by atoms with E-state index in [1.807, 2.05) is 0 Å². The van der Waals surface area contributed by atoms with Gasteiger partial charge in [-0.3, -0.25) is 0 Å². The second kappa shape index (κ2) is 5.51. The van der Waals surface area contributed by atoms with E-state index in [4.69, 9.17) is 9.31 Å². The van der Waals surface area contributed by atoms with Crippen LogP contribution < -0.4 is 0 Å². The monoisotopic (exact) mass is 306 g/mol. The van der Waals surface area contributed by atoms with Gasteiger partial charge in [0.25, 0.3) is 0 Å². The van der Waals surface area contributed by atoms with Crippen molar-refractivity contribution in [2.24, 2.45) is 29.1 Å². The fourth-order valence-corrected chi connectivity index (χ4v) is 5.58. The van der Waals surface area contributed by atoms with E-state index < -0.39 is 0 Å². The predicted molar refractivity (Wildman–Crippen MR) is 92.8 cm³/mol. The van der Waals surface area contributed by atoms with Crippen LogP contribution in [-0.4, -0.2) is 18.8 Å². The average Bonchev–Trinajstić information content (AvgIpc) is 2.35. The van der Waals surface area contributed by atoms with Crippen molar-refractivity contribution >= 4 is 7.12 Å². The minimum Gasteiger partial charge on any atom is -0.408 e. The summed E-state index contributed by atoms with van der Waals surface area (Å²) in [6.45, 7) is 16.4. The Bertz CT molecular complexity index is 418. The largest absolute Gasteiger partial charge is 0.461 e. The molecule has 3 saturated carbocycles. The van der Waals surface area contributed by atoms with Crippen LogP contribution in [0.25, 0.3) is 0 Å². The molecule has 2 bridgehead atoms. The number of hydrogen-bond acceptors (Lipinski definition) is 2. The van der Waals surface area contributed by atoms with Crippen LogP contribution in [0.3, 0.4) is 0 Å². The third kappa shape index (κ3) is 2.88. The highest BCUT2D eigenvalue weighted by Crippen LogP contribution is 2.65. The molecule has 4 fully saturated rings. The van der Waals surface area contributed by atoms with E-state index in [1.54, 1.807) is 0 Å². The topological polar surface area (TPSA) is 18.5 Å². The van der Waals surface area contributed by atoms with Gasteiger partial charge in [-0.25, -0.2) is 0 Å². The van der Waals surface area contributed by atoms with E-state index in [0.717, 1.165) is 30.6 Å². The Labute approximate surface area is 137 Å². The summed E-state index contributed by atoms with van der Waals surface area (Å²) in [7, 11) is 0.0175. The zero-order chi connectivity index (χ0) is 16.3. The molecule has 5 atom stereocenters. The van der Waals surface area contributed by atoms with Crippen LogP contribution in [0.15, 0.2) is 0 Å². The predicted octanol–water partition coefficient (Wildman–Crippen LogP) is 5.18. The lowest BCUT2D eigenvalue weighted by Gasteiger charge is -2.63. The van der Waals surface area contributed by atoms with Crippen molar-refractivity contribution in [3.05, 3.63) is 0 Å². The average molecular weight is 306 g/mol. The van der Waals surface area contributed by atoms with Crippen LogP contribution in [0.4, 0.5) is 0 Å². The van der Waals surface area contributed by atoms with Crippen molar-refractivity contribution in [2.45, 2.75) is 91.7 Å². The molecule has 1 saturated heterocycles. The van der Waals surface area contributed by atoms with Crippen molar-refractivity contribution in [1.29, 1.82) is 0 Å². The first-order valence-electron chi connectivity index (χ1n) is 9.43. The molecular formula is C19H35BO2. The van der Waals surface area contributed by atoms with Gasteiger partial charge in [0.2, 0.25) is 0 Å². The van der Waals surface area contributed by atoms with Crippen molar-refractivity contribution in [2.75, 3.05) is 0 Å². The molecule has 4 aliphatic rings. The molecule has 3 aliphatic carbocycles. The van der Waals surface area contributed by atoms with E-state index in [1.165, 1.54) is 12.8 Å². The molecule has 0 radical (unpaired) electrons. The maximum atomic E-state index is 6.46. The first-order valence-corrected chi connectivity index (χ1v) is 9.43.